The number of hydrogen-bond acceptors (Lipinski definition) is 5. The van der Waals surface area contributed by atoms with E-state index < -0.39 is 46.1 Å². The highest BCUT2D eigenvalue weighted by Crippen LogP contribution is 2.47. The number of rotatable bonds is 7. The minimum Gasteiger partial charge on any atom is -0.506 e. The van der Waals surface area contributed by atoms with Crippen molar-refractivity contribution in [1.29, 1.82) is 0 Å². The van der Waals surface area contributed by atoms with Crippen LogP contribution in [0.25, 0.3) is 22.4 Å². The van der Waals surface area contributed by atoms with Crippen LogP contribution in [0.1, 0.15) is 38.4 Å². The number of benzene rings is 2. The van der Waals surface area contributed by atoms with Crippen molar-refractivity contribution < 1.29 is 45.7 Å². The molecule has 1 heterocycles. The summed E-state index contributed by atoms with van der Waals surface area (Å²) in [5.74, 6) is -0.677. The molecule has 1 aromatic heterocycles. The van der Waals surface area contributed by atoms with E-state index in [0.717, 1.165) is 10.7 Å². The maximum atomic E-state index is 13.6. The van der Waals surface area contributed by atoms with Gasteiger partial charge in [-0.1, -0.05) is 17.7 Å². The van der Waals surface area contributed by atoms with Crippen molar-refractivity contribution in [3.05, 3.63) is 52.7 Å². The van der Waals surface area contributed by atoms with E-state index in [1.165, 1.54) is 25.2 Å². The molecule has 3 aromatic rings. The number of alkyl carbamates (subject to hydrolysis) is 1. The molecule has 3 rings (SSSR count). The van der Waals surface area contributed by atoms with Crippen LogP contribution in [-0.4, -0.2) is 39.7 Å². The Bertz CT molecular complexity index is 1380. The zero-order valence-electron chi connectivity index (χ0n) is 21.8. The summed E-state index contributed by atoms with van der Waals surface area (Å²) < 4.78 is 92.1. The molecule has 0 bridgehead atoms. The minimum atomic E-state index is -4.82. The molecule has 1 amide bonds. The summed E-state index contributed by atoms with van der Waals surface area (Å²) in [6.45, 7) is 5.20. The van der Waals surface area contributed by atoms with Crippen LogP contribution in [0, 0.1) is 0 Å². The lowest BCUT2D eigenvalue weighted by Crippen LogP contribution is -2.33. The number of hydrogen-bond donors (Lipinski definition) is 2. The fourth-order valence-electron chi connectivity index (χ4n) is 3.69. The number of carbonyl (C=O) groups is 1. The Kier molecular flexibility index (Phi) is 8.87. The van der Waals surface area contributed by atoms with Crippen LogP contribution in [0.2, 0.25) is 5.02 Å². The average Bonchev–Trinajstić information content (AvgIpc) is 3.19. The SMILES string of the molecule is Cn1nc(C(F)(F)F)cc1-c1ccc(OCCCNC(=O)OC(C)(C)C)c(-c2ccc(Cl)c(C(F)(F)F)c2)c1O. The van der Waals surface area contributed by atoms with Gasteiger partial charge in [-0.05, 0) is 63.1 Å². The number of nitrogens with zero attached hydrogens (tertiary/aromatic N) is 2. The zero-order valence-corrected chi connectivity index (χ0v) is 22.6. The first-order valence-electron chi connectivity index (χ1n) is 11.8. The second-order valence-corrected chi connectivity index (χ2v) is 10.1. The quantitative estimate of drug-likeness (QED) is 0.220. The van der Waals surface area contributed by atoms with E-state index in [-0.39, 0.29) is 47.7 Å². The van der Waals surface area contributed by atoms with Crippen LogP contribution in [-0.2, 0) is 24.1 Å². The van der Waals surface area contributed by atoms with Crippen molar-refractivity contribution >= 4 is 17.7 Å². The van der Waals surface area contributed by atoms with Crippen molar-refractivity contribution in [2.45, 2.75) is 45.1 Å². The van der Waals surface area contributed by atoms with Crippen LogP contribution >= 0.6 is 11.6 Å². The lowest BCUT2D eigenvalue weighted by atomic mass is 9.97. The minimum absolute atomic E-state index is 0.0365. The molecule has 2 N–H and O–H groups in total. The fourth-order valence-corrected chi connectivity index (χ4v) is 3.92. The van der Waals surface area contributed by atoms with Gasteiger partial charge < -0.3 is 19.9 Å². The molecule has 2 aromatic carbocycles. The average molecular weight is 594 g/mol. The van der Waals surface area contributed by atoms with Gasteiger partial charge in [-0.25, -0.2) is 4.79 Å². The number of aromatic hydroxyl groups is 1. The monoisotopic (exact) mass is 593 g/mol. The van der Waals surface area contributed by atoms with E-state index >= 15 is 0 Å². The number of phenolic OH excluding ortho intramolecular Hbond substituents is 1. The third kappa shape index (κ3) is 7.52. The Hall–Kier alpha value is -3.61. The van der Waals surface area contributed by atoms with E-state index in [0.29, 0.717) is 12.1 Å². The third-order valence-corrected chi connectivity index (χ3v) is 5.72. The second-order valence-electron chi connectivity index (χ2n) is 9.69. The zero-order chi connectivity index (χ0) is 30.0. The van der Waals surface area contributed by atoms with Crippen LogP contribution in [0.15, 0.2) is 36.4 Å². The van der Waals surface area contributed by atoms with Gasteiger partial charge in [-0.15, -0.1) is 0 Å². The maximum Gasteiger partial charge on any atom is 0.435 e. The predicted octanol–water partition coefficient (Wildman–Crippen LogP) is 7.44. The summed E-state index contributed by atoms with van der Waals surface area (Å²) in [5, 5.41) is 16.5. The summed E-state index contributed by atoms with van der Waals surface area (Å²) in [6, 6.07) is 6.22. The number of amides is 1. The smallest absolute Gasteiger partial charge is 0.435 e. The van der Waals surface area contributed by atoms with Crippen LogP contribution in [0.3, 0.4) is 0 Å². The third-order valence-electron chi connectivity index (χ3n) is 5.39. The molecule has 0 saturated carbocycles. The predicted molar refractivity (Wildman–Crippen MR) is 135 cm³/mol. The van der Waals surface area contributed by atoms with Gasteiger partial charge in [0.1, 0.15) is 17.1 Å². The Morgan fingerprint density at radius 2 is 1.73 bits per heavy atom. The highest BCUT2D eigenvalue weighted by atomic mass is 35.5. The standard InChI is InChI=1S/C26H26ClF6N3O4/c1-24(2,3)40-23(38)34-10-5-11-39-19-9-7-15(18-13-20(26(31,32)33)35-36(18)4)22(37)21(19)14-6-8-17(27)16(12-14)25(28,29)30/h6-9,12-13,37H,5,10-11H2,1-4H3,(H,34,38). The largest absolute Gasteiger partial charge is 0.506 e. The van der Waals surface area contributed by atoms with Crippen LogP contribution in [0.4, 0.5) is 31.1 Å². The van der Waals surface area contributed by atoms with Gasteiger partial charge in [-0.3, -0.25) is 4.68 Å². The number of phenols is 1. The Morgan fingerprint density at radius 1 is 1.05 bits per heavy atom. The molecule has 14 heteroatoms. The van der Waals surface area contributed by atoms with Gasteiger partial charge in [0.15, 0.2) is 5.69 Å². The summed E-state index contributed by atoms with van der Waals surface area (Å²) in [6.07, 6.45) is -9.97. The molecule has 0 atom stereocenters. The summed E-state index contributed by atoms with van der Waals surface area (Å²) in [7, 11) is 1.23. The Labute approximate surface area is 230 Å². The number of ether oxygens (including phenoxy) is 2. The van der Waals surface area contributed by atoms with Gasteiger partial charge in [0.2, 0.25) is 0 Å². The Morgan fingerprint density at radius 3 is 2.30 bits per heavy atom. The highest BCUT2D eigenvalue weighted by Gasteiger charge is 2.36. The van der Waals surface area contributed by atoms with Crippen molar-refractivity contribution in [2.24, 2.45) is 7.05 Å². The summed E-state index contributed by atoms with van der Waals surface area (Å²) in [5.41, 5.74) is -3.69. The number of nitrogens with one attached hydrogen (secondary N) is 1. The van der Waals surface area contributed by atoms with Crippen molar-refractivity contribution in [3.63, 3.8) is 0 Å². The number of aromatic nitrogens is 2. The first-order chi connectivity index (χ1) is 18.4. The van der Waals surface area contributed by atoms with E-state index in [9.17, 15) is 36.2 Å². The van der Waals surface area contributed by atoms with E-state index in [2.05, 4.69) is 10.4 Å². The molecule has 0 saturated heterocycles. The number of aryl methyl sites for hydroxylation is 1. The first kappa shape index (κ1) is 30.9. The number of halogens is 7. The normalized spacial score (nSPS) is 12.4. The van der Waals surface area contributed by atoms with Gasteiger partial charge in [0.05, 0.1) is 28.5 Å². The molecule has 0 unspecified atom stereocenters. The molecular weight excluding hydrogens is 568 g/mol. The Balaban J connectivity index is 1.98. The lowest BCUT2D eigenvalue weighted by Gasteiger charge is -2.20. The van der Waals surface area contributed by atoms with E-state index in [1.54, 1.807) is 20.8 Å². The second kappa shape index (κ2) is 11.5. The molecule has 40 heavy (non-hydrogen) atoms. The fraction of sp³-hybridized carbons (Fsp3) is 0.385. The van der Waals surface area contributed by atoms with Crippen LogP contribution in [0.5, 0.6) is 11.5 Å². The van der Waals surface area contributed by atoms with E-state index in [1.807, 2.05) is 0 Å². The highest BCUT2D eigenvalue weighted by molar-refractivity contribution is 6.31. The van der Waals surface area contributed by atoms with Gasteiger partial charge in [0.25, 0.3) is 0 Å². The van der Waals surface area contributed by atoms with Gasteiger partial charge in [0, 0.05) is 19.2 Å². The number of alkyl halides is 6. The lowest BCUT2D eigenvalue weighted by molar-refractivity contribution is -0.141. The molecule has 218 valence electrons. The number of carbonyl (C=O) groups excluding carboxylic acids is 1. The molecule has 0 aliphatic heterocycles. The summed E-state index contributed by atoms with van der Waals surface area (Å²) in [4.78, 5) is 11.8. The van der Waals surface area contributed by atoms with Gasteiger partial charge >= 0.3 is 18.4 Å². The van der Waals surface area contributed by atoms with E-state index in [4.69, 9.17) is 21.1 Å². The van der Waals surface area contributed by atoms with Crippen LogP contribution < -0.4 is 10.1 Å². The van der Waals surface area contributed by atoms with Crippen molar-refractivity contribution in [3.8, 4) is 33.9 Å². The molecule has 0 spiro atoms. The van der Waals surface area contributed by atoms with Crippen molar-refractivity contribution in [1.82, 2.24) is 15.1 Å². The molecule has 0 aliphatic carbocycles. The molecular formula is C26H26ClF6N3O4. The summed E-state index contributed by atoms with van der Waals surface area (Å²) >= 11 is 5.75. The molecule has 0 fully saturated rings. The molecule has 0 radical (unpaired) electrons. The molecule has 7 nitrogen and oxygen atoms in total. The molecule has 0 aliphatic rings. The van der Waals surface area contributed by atoms with Gasteiger partial charge in [-0.2, -0.15) is 31.4 Å². The first-order valence-corrected chi connectivity index (χ1v) is 12.2. The topological polar surface area (TPSA) is 85.6 Å². The van der Waals surface area contributed by atoms with Crippen molar-refractivity contribution in [2.75, 3.05) is 13.2 Å². The maximum absolute atomic E-state index is 13.6.